The first-order valence-electron chi connectivity index (χ1n) is 10.1. The van der Waals surface area contributed by atoms with Crippen molar-refractivity contribution in [3.8, 4) is 0 Å². The van der Waals surface area contributed by atoms with Crippen LogP contribution < -0.4 is 5.32 Å². The summed E-state index contributed by atoms with van der Waals surface area (Å²) in [5.74, 6) is 0.172. The fourth-order valence-corrected chi connectivity index (χ4v) is 5.10. The van der Waals surface area contributed by atoms with Crippen LogP contribution in [-0.4, -0.2) is 22.0 Å². The lowest BCUT2D eigenvalue weighted by atomic mass is 9.96. The summed E-state index contributed by atoms with van der Waals surface area (Å²) in [4.78, 5) is 17.5. The SMILES string of the molecule is Cn1cc(CC(=O)NCC(c2cccs2)c2c[nH]c3ccccc23)c2ccccc21. The van der Waals surface area contributed by atoms with Gasteiger partial charge in [-0.25, -0.2) is 0 Å². The molecule has 1 amide bonds. The molecule has 5 rings (SSSR count). The van der Waals surface area contributed by atoms with Crippen LogP contribution in [0.15, 0.2) is 78.4 Å². The molecule has 30 heavy (non-hydrogen) atoms. The molecule has 3 aromatic heterocycles. The summed E-state index contributed by atoms with van der Waals surface area (Å²) >= 11 is 1.73. The third kappa shape index (κ3) is 3.42. The van der Waals surface area contributed by atoms with Gasteiger partial charge in [0.1, 0.15) is 0 Å². The Morgan fingerprint density at radius 2 is 1.87 bits per heavy atom. The van der Waals surface area contributed by atoms with Gasteiger partial charge in [-0.2, -0.15) is 0 Å². The van der Waals surface area contributed by atoms with Crippen LogP contribution in [0.3, 0.4) is 0 Å². The predicted octanol–water partition coefficient (Wildman–Crippen LogP) is 5.21. The number of H-pyrrole nitrogens is 1. The Bertz CT molecular complexity index is 1310. The summed E-state index contributed by atoms with van der Waals surface area (Å²) in [6, 6.07) is 20.8. The van der Waals surface area contributed by atoms with Gasteiger partial charge in [-0.05, 0) is 34.7 Å². The molecule has 2 aromatic carbocycles. The van der Waals surface area contributed by atoms with Crippen molar-refractivity contribution in [2.24, 2.45) is 7.05 Å². The number of hydrogen-bond donors (Lipinski definition) is 2. The van der Waals surface area contributed by atoms with E-state index < -0.39 is 0 Å². The molecule has 0 saturated heterocycles. The normalized spacial score (nSPS) is 12.4. The van der Waals surface area contributed by atoms with Crippen molar-refractivity contribution in [3.05, 3.63) is 94.4 Å². The number of para-hydroxylation sites is 2. The van der Waals surface area contributed by atoms with Crippen molar-refractivity contribution < 1.29 is 4.79 Å². The Balaban J connectivity index is 1.37. The van der Waals surface area contributed by atoms with Crippen molar-refractivity contribution in [1.29, 1.82) is 0 Å². The van der Waals surface area contributed by atoms with E-state index in [1.807, 2.05) is 25.2 Å². The lowest BCUT2D eigenvalue weighted by molar-refractivity contribution is -0.120. The van der Waals surface area contributed by atoms with Crippen LogP contribution in [0.25, 0.3) is 21.8 Å². The highest BCUT2D eigenvalue weighted by molar-refractivity contribution is 7.10. The average molecular weight is 414 g/mol. The molecule has 5 heteroatoms. The number of carbonyl (C=O) groups excluding carboxylic acids is 1. The maximum atomic E-state index is 12.8. The van der Waals surface area contributed by atoms with Crippen LogP contribution in [0.2, 0.25) is 0 Å². The Hall–Kier alpha value is -3.31. The largest absolute Gasteiger partial charge is 0.361 e. The van der Waals surface area contributed by atoms with Crippen molar-refractivity contribution in [2.75, 3.05) is 6.54 Å². The maximum absolute atomic E-state index is 12.8. The van der Waals surface area contributed by atoms with E-state index in [1.165, 1.54) is 15.8 Å². The second kappa shape index (κ2) is 7.84. The van der Waals surface area contributed by atoms with Crippen LogP contribution in [-0.2, 0) is 18.3 Å². The number of aromatic amines is 1. The second-order valence-corrected chi connectivity index (χ2v) is 8.60. The van der Waals surface area contributed by atoms with E-state index in [0.717, 1.165) is 22.0 Å². The molecular formula is C25H23N3OS. The number of nitrogens with one attached hydrogen (secondary N) is 2. The van der Waals surface area contributed by atoms with Gasteiger partial charge in [0.25, 0.3) is 0 Å². The Labute approximate surface area is 179 Å². The number of fused-ring (bicyclic) bond motifs is 2. The number of nitrogens with zero attached hydrogens (tertiary/aromatic N) is 1. The quantitative estimate of drug-likeness (QED) is 0.394. The van der Waals surface area contributed by atoms with Gasteiger partial charge in [0.15, 0.2) is 0 Å². The minimum absolute atomic E-state index is 0.0488. The highest BCUT2D eigenvalue weighted by Crippen LogP contribution is 2.33. The fraction of sp³-hybridized carbons (Fsp3) is 0.160. The number of thiophene rings is 1. The summed E-state index contributed by atoms with van der Waals surface area (Å²) in [7, 11) is 2.02. The van der Waals surface area contributed by atoms with E-state index in [1.54, 1.807) is 11.3 Å². The summed E-state index contributed by atoms with van der Waals surface area (Å²) in [5, 5.41) is 7.63. The summed E-state index contributed by atoms with van der Waals surface area (Å²) in [6.07, 6.45) is 4.51. The molecule has 3 heterocycles. The molecule has 0 saturated carbocycles. The zero-order valence-corrected chi connectivity index (χ0v) is 17.6. The molecule has 2 N–H and O–H groups in total. The number of hydrogen-bond acceptors (Lipinski definition) is 2. The van der Waals surface area contributed by atoms with Gasteiger partial charge < -0.3 is 14.9 Å². The van der Waals surface area contributed by atoms with Gasteiger partial charge in [-0.15, -0.1) is 11.3 Å². The average Bonchev–Trinajstić information content (AvgIpc) is 3.50. The first-order chi connectivity index (χ1) is 14.7. The highest BCUT2D eigenvalue weighted by Gasteiger charge is 2.20. The lowest BCUT2D eigenvalue weighted by Crippen LogP contribution is -2.29. The van der Waals surface area contributed by atoms with E-state index in [2.05, 4.69) is 75.1 Å². The molecule has 1 unspecified atom stereocenters. The van der Waals surface area contributed by atoms with Crippen LogP contribution in [0.1, 0.15) is 21.9 Å². The predicted molar refractivity (Wildman–Crippen MR) is 124 cm³/mol. The molecule has 0 radical (unpaired) electrons. The number of benzene rings is 2. The van der Waals surface area contributed by atoms with Gasteiger partial charge in [-0.1, -0.05) is 42.5 Å². The van der Waals surface area contributed by atoms with E-state index in [9.17, 15) is 4.79 Å². The Kier molecular flexibility index (Phi) is 4.89. The molecule has 0 spiro atoms. The van der Waals surface area contributed by atoms with Gasteiger partial charge in [0, 0.05) is 58.6 Å². The van der Waals surface area contributed by atoms with Crippen molar-refractivity contribution >= 4 is 39.0 Å². The Morgan fingerprint density at radius 1 is 1.07 bits per heavy atom. The number of amides is 1. The fourth-order valence-electron chi connectivity index (χ4n) is 4.25. The zero-order valence-electron chi connectivity index (χ0n) is 16.8. The molecule has 0 bridgehead atoms. The van der Waals surface area contributed by atoms with E-state index in [4.69, 9.17) is 0 Å². The molecule has 1 atom stereocenters. The van der Waals surface area contributed by atoms with Gasteiger partial charge in [0.05, 0.1) is 6.42 Å². The summed E-state index contributed by atoms with van der Waals surface area (Å²) in [6.45, 7) is 0.575. The monoisotopic (exact) mass is 413 g/mol. The second-order valence-electron chi connectivity index (χ2n) is 7.62. The first kappa shape index (κ1) is 18.7. The maximum Gasteiger partial charge on any atom is 0.224 e. The molecule has 0 aliphatic carbocycles. The molecule has 0 aliphatic rings. The van der Waals surface area contributed by atoms with Crippen molar-refractivity contribution in [1.82, 2.24) is 14.9 Å². The smallest absolute Gasteiger partial charge is 0.224 e. The summed E-state index contributed by atoms with van der Waals surface area (Å²) < 4.78 is 2.08. The topological polar surface area (TPSA) is 49.8 Å². The van der Waals surface area contributed by atoms with Crippen LogP contribution in [0, 0.1) is 0 Å². The van der Waals surface area contributed by atoms with E-state index >= 15 is 0 Å². The van der Waals surface area contributed by atoms with Gasteiger partial charge >= 0.3 is 0 Å². The van der Waals surface area contributed by atoms with Crippen molar-refractivity contribution in [2.45, 2.75) is 12.3 Å². The van der Waals surface area contributed by atoms with Gasteiger partial charge in [0.2, 0.25) is 5.91 Å². The molecule has 0 fully saturated rings. The third-order valence-corrected chi connectivity index (χ3v) is 6.70. The van der Waals surface area contributed by atoms with Crippen molar-refractivity contribution in [3.63, 3.8) is 0 Å². The molecule has 5 aromatic rings. The van der Waals surface area contributed by atoms with Crippen LogP contribution in [0.5, 0.6) is 0 Å². The minimum atomic E-state index is 0.0488. The van der Waals surface area contributed by atoms with Crippen LogP contribution in [0.4, 0.5) is 0 Å². The zero-order chi connectivity index (χ0) is 20.5. The molecule has 0 aliphatic heterocycles. The molecular weight excluding hydrogens is 390 g/mol. The summed E-state index contributed by atoms with van der Waals surface area (Å²) in [5.41, 5.74) is 4.55. The highest BCUT2D eigenvalue weighted by atomic mass is 32.1. The Morgan fingerprint density at radius 3 is 2.70 bits per heavy atom. The third-order valence-electron chi connectivity index (χ3n) is 5.72. The van der Waals surface area contributed by atoms with E-state index in [0.29, 0.717) is 13.0 Å². The van der Waals surface area contributed by atoms with Gasteiger partial charge in [-0.3, -0.25) is 4.79 Å². The number of aryl methyl sites for hydroxylation is 1. The lowest BCUT2D eigenvalue weighted by Gasteiger charge is -2.16. The number of carbonyl (C=O) groups is 1. The van der Waals surface area contributed by atoms with Crippen LogP contribution >= 0.6 is 11.3 Å². The standard InChI is InChI=1S/C25H23N3OS/c1-28-16-17(18-7-3-5-10-23(18)28)13-25(29)27-15-21(24-11-6-12-30-24)20-14-26-22-9-4-2-8-19(20)22/h2-12,14,16,21,26H,13,15H2,1H3,(H,27,29). The molecule has 150 valence electrons. The minimum Gasteiger partial charge on any atom is -0.361 e. The number of rotatable bonds is 6. The van der Waals surface area contributed by atoms with E-state index in [-0.39, 0.29) is 11.8 Å². The first-order valence-corrected chi connectivity index (χ1v) is 11.0. The molecule has 4 nitrogen and oxygen atoms in total. The number of aromatic nitrogens is 2.